The summed E-state index contributed by atoms with van der Waals surface area (Å²) in [5, 5.41) is 11.9. The minimum absolute atomic E-state index is 0.0119. The predicted molar refractivity (Wildman–Crippen MR) is 112 cm³/mol. The molecule has 10 nitrogen and oxygen atoms in total. The molecule has 0 aliphatic carbocycles. The SMILES string of the molecule is CCCn1c(=O)n(CCCn2nnc(Cc3cc(F)ccc3F)n2)c(=O)c2[nH]c(Cl)nc21. The molecule has 4 aromatic rings. The zero-order valence-corrected chi connectivity index (χ0v) is 17.8. The van der Waals surface area contributed by atoms with Crippen molar-refractivity contribution in [2.24, 2.45) is 0 Å². The average Bonchev–Trinajstić information content (AvgIpc) is 3.37. The molecule has 0 bridgehead atoms. The van der Waals surface area contributed by atoms with E-state index in [4.69, 9.17) is 11.6 Å². The van der Waals surface area contributed by atoms with Gasteiger partial charge in [-0.3, -0.25) is 13.9 Å². The molecule has 0 fully saturated rings. The minimum Gasteiger partial charge on any atom is -0.323 e. The number of hydrogen-bond acceptors (Lipinski definition) is 6. The van der Waals surface area contributed by atoms with Crippen molar-refractivity contribution in [1.29, 1.82) is 0 Å². The maximum absolute atomic E-state index is 13.8. The Bertz CT molecular complexity index is 1390. The lowest BCUT2D eigenvalue weighted by atomic mass is 10.1. The number of H-pyrrole nitrogens is 1. The summed E-state index contributed by atoms with van der Waals surface area (Å²) in [4.78, 5) is 33.6. The van der Waals surface area contributed by atoms with Crippen molar-refractivity contribution < 1.29 is 8.78 Å². The van der Waals surface area contributed by atoms with E-state index in [1.165, 1.54) is 9.36 Å². The molecule has 0 aliphatic heterocycles. The molecule has 0 saturated heterocycles. The van der Waals surface area contributed by atoms with Crippen LogP contribution in [0.2, 0.25) is 5.28 Å². The summed E-state index contributed by atoms with van der Waals surface area (Å²) in [6.07, 6.45) is 1.02. The molecule has 0 amide bonds. The fraction of sp³-hybridized carbons (Fsp3) is 0.368. The fourth-order valence-electron chi connectivity index (χ4n) is 3.42. The molecular weight excluding hydrogens is 446 g/mol. The van der Waals surface area contributed by atoms with Crippen LogP contribution in [0.4, 0.5) is 8.78 Å². The Labute approximate surface area is 184 Å². The summed E-state index contributed by atoms with van der Waals surface area (Å²) in [5.41, 5.74) is -0.456. The molecule has 1 N–H and O–H groups in total. The van der Waals surface area contributed by atoms with Crippen LogP contribution >= 0.6 is 11.6 Å². The van der Waals surface area contributed by atoms with Gasteiger partial charge in [0.25, 0.3) is 5.56 Å². The number of imidazole rings is 1. The van der Waals surface area contributed by atoms with Gasteiger partial charge >= 0.3 is 5.69 Å². The number of rotatable bonds is 8. The van der Waals surface area contributed by atoms with E-state index in [-0.39, 0.29) is 47.3 Å². The second-order valence-corrected chi connectivity index (χ2v) is 7.54. The first-order valence-electron chi connectivity index (χ1n) is 9.96. The van der Waals surface area contributed by atoms with Crippen molar-refractivity contribution in [1.82, 2.24) is 39.3 Å². The molecule has 4 rings (SSSR count). The van der Waals surface area contributed by atoms with Gasteiger partial charge in [0.2, 0.25) is 5.28 Å². The first kappa shape index (κ1) is 21.8. The van der Waals surface area contributed by atoms with E-state index in [2.05, 4.69) is 25.4 Å². The molecule has 0 radical (unpaired) electrons. The van der Waals surface area contributed by atoms with Crippen molar-refractivity contribution in [3.8, 4) is 0 Å². The van der Waals surface area contributed by atoms with Gasteiger partial charge in [0.15, 0.2) is 17.0 Å². The Morgan fingerprint density at radius 2 is 1.94 bits per heavy atom. The standard InChI is InChI=1S/C19H19ClF2N8O2/c1-2-6-28-16-15(23-18(20)24-16)17(31)29(19(28)32)7-3-8-30-26-14(25-27-30)10-11-9-12(21)4-5-13(11)22/h4-5,9H,2-3,6-8,10H2,1H3,(H,23,24). The molecule has 0 unspecified atom stereocenters. The average molecular weight is 465 g/mol. The third-order valence-corrected chi connectivity index (χ3v) is 5.05. The van der Waals surface area contributed by atoms with Crippen LogP contribution in [0.15, 0.2) is 27.8 Å². The summed E-state index contributed by atoms with van der Waals surface area (Å²) in [5.74, 6) is -0.881. The van der Waals surface area contributed by atoms with E-state index in [1.54, 1.807) is 0 Å². The third-order valence-electron chi connectivity index (χ3n) is 4.87. The maximum atomic E-state index is 13.8. The number of aromatic amines is 1. The maximum Gasteiger partial charge on any atom is 0.332 e. The van der Waals surface area contributed by atoms with E-state index in [0.29, 0.717) is 19.4 Å². The molecule has 3 aromatic heterocycles. The molecule has 32 heavy (non-hydrogen) atoms. The van der Waals surface area contributed by atoms with Crippen molar-refractivity contribution >= 4 is 22.8 Å². The number of fused-ring (bicyclic) bond motifs is 1. The normalized spacial score (nSPS) is 11.5. The topological polar surface area (TPSA) is 116 Å². The number of tetrazole rings is 1. The smallest absolute Gasteiger partial charge is 0.323 e. The number of nitrogens with one attached hydrogen (secondary N) is 1. The van der Waals surface area contributed by atoms with Crippen LogP contribution in [0.1, 0.15) is 31.2 Å². The number of aryl methyl sites for hydroxylation is 2. The van der Waals surface area contributed by atoms with Gasteiger partial charge in [-0.05, 0) is 53.4 Å². The van der Waals surface area contributed by atoms with Gasteiger partial charge in [-0.25, -0.2) is 13.6 Å². The molecule has 0 aliphatic rings. The van der Waals surface area contributed by atoms with Gasteiger partial charge in [0.05, 0.1) is 6.54 Å². The molecular formula is C19H19ClF2N8O2. The lowest BCUT2D eigenvalue weighted by Gasteiger charge is -2.10. The second-order valence-electron chi connectivity index (χ2n) is 7.18. The van der Waals surface area contributed by atoms with E-state index in [0.717, 1.165) is 22.8 Å². The van der Waals surface area contributed by atoms with Crippen LogP contribution in [-0.2, 0) is 26.1 Å². The summed E-state index contributed by atoms with van der Waals surface area (Å²) >= 11 is 5.89. The molecule has 0 atom stereocenters. The Kier molecular flexibility index (Phi) is 6.12. The second kappa shape index (κ2) is 8.99. The monoisotopic (exact) mass is 464 g/mol. The Morgan fingerprint density at radius 1 is 1.12 bits per heavy atom. The van der Waals surface area contributed by atoms with Gasteiger partial charge < -0.3 is 4.98 Å². The van der Waals surface area contributed by atoms with Crippen LogP contribution in [0, 0.1) is 11.6 Å². The van der Waals surface area contributed by atoms with Gasteiger partial charge in [-0.15, -0.1) is 10.2 Å². The van der Waals surface area contributed by atoms with Crippen LogP contribution in [0.3, 0.4) is 0 Å². The first-order chi connectivity index (χ1) is 15.4. The summed E-state index contributed by atoms with van der Waals surface area (Å²) in [7, 11) is 0. The number of benzene rings is 1. The van der Waals surface area contributed by atoms with E-state index >= 15 is 0 Å². The van der Waals surface area contributed by atoms with Crippen molar-refractivity contribution in [2.45, 2.75) is 45.8 Å². The lowest BCUT2D eigenvalue weighted by molar-refractivity contribution is 0.452. The Balaban J connectivity index is 1.49. The lowest BCUT2D eigenvalue weighted by Crippen LogP contribution is -2.40. The highest BCUT2D eigenvalue weighted by Gasteiger charge is 2.16. The number of nitrogens with zero attached hydrogens (tertiary/aromatic N) is 7. The quantitative estimate of drug-likeness (QED) is 0.398. The van der Waals surface area contributed by atoms with Crippen LogP contribution in [0.25, 0.3) is 11.2 Å². The van der Waals surface area contributed by atoms with E-state index in [1.807, 2.05) is 6.92 Å². The largest absolute Gasteiger partial charge is 0.332 e. The van der Waals surface area contributed by atoms with Crippen molar-refractivity contribution in [3.05, 3.63) is 67.3 Å². The first-order valence-corrected chi connectivity index (χ1v) is 10.3. The van der Waals surface area contributed by atoms with Gasteiger partial charge in [-0.1, -0.05) is 6.92 Å². The zero-order valence-electron chi connectivity index (χ0n) is 17.1. The number of hydrogen-bond donors (Lipinski definition) is 1. The molecule has 3 heterocycles. The molecule has 1 aromatic carbocycles. The number of halogens is 3. The summed E-state index contributed by atoms with van der Waals surface area (Å²) in [6.45, 7) is 2.68. The minimum atomic E-state index is -0.556. The molecule has 168 valence electrons. The van der Waals surface area contributed by atoms with Gasteiger partial charge in [0, 0.05) is 19.5 Å². The van der Waals surface area contributed by atoms with Crippen molar-refractivity contribution in [2.75, 3.05) is 0 Å². The van der Waals surface area contributed by atoms with Crippen LogP contribution < -0.4 is 11.2 Å². The molecule has 0 saturated carbocycles. The van der Waals surface area contributed by atoms with Gasteiger partial charge in [0.1, 0.15) is 11.6 Å². The van der Waals surface area contributed by atoms with E-state index in [9.17, 15) is 18.4 Å². The van der Waals surface area contributed by atoms with Crippen molar-refractivity contribution in [3.63, 3.8) is 0 Å². The Morgan fingerprint density at radius 3 is 2.72 bits per heavy atom. The molecule has 13 heteroatoms. The van der Waals surface area contributed by atoms with Gasteiger partial charge in [-0.2, -0.15) is 9.78 Å². The summed E-state index contributed by atoms with van der Waals surface area (Å²) < 4.78 is 29.7. The predicted octanol–water partition coefficient (Wildman–Crippen LogP) is 1.90. The zero-order chi connectivity index (χ0) is 22.8. The molecule has 0 spiro atoms. The van der Waals surface area contributed by atoms with Crippen LogP contribution in [-0.4, -0.2) is 39.3 Å². The van der Waals surface area contributed by atoms with E-state index < -0.39 is 22.9 Å². The summed E-state index contributed by atoms with van der Waals surface area (Å²) in [6, 6.07) is 3.16. The van der Waals surface area contributed by atoms with Crippen LogP contribution in [0.5, 0.6) is 0 Å². The Hall–Kier alpha value is -3.41. The highest BCUT2D eigenvalue weighted by molar-refractivity contribution is 6.28. The fourth-order valence-corrected chi connectivity index (χ4v) is 3.60. The highest BCUT2D eigenvalue weighted by Crippen LogP contribution is 2.13. The number of aromatic nitrogens is 8. The highest BCUT2D eigenvalue weighted by atomic mass is 35.5. The third kappa shape index (κ3) is 4.31.